The van der Waals surface area contributed by atoms with Crippen LogP contribution in [0, 0.1) is 6.92 Å². The van der Waals surface area contributed by atoms with Crippen molar-refractivity contribution in [2.75, 3.05) is 4.31 Å². The lowest BCUT2D eigenvalue weighted by atomic mass is 10.4. The minimum atomic E-state index is -3.07. The van der Waals surface area contributed by atoms with Gasteiger partial charge < -0.3 is 9.67 Å². The molecule has 0 atom stereocenters. The molecule has 0 radical (unpaired) electrons. The lowest BCUT2D eigenvalue weighted by Crippen LogP contribution is -2.16. The number of nitrogens with zero attached hydrogens (tertiary/aromatic N) is 4. The van der Waals surface area contributed by atoms with E-state index in [-0.39, 0.29) is 16.5 Å². The summed E-state index contributed by atoms with van der Waals surface area (Å²) >= 11 is 0.925. The van der Waals surface area contributed by atoms with E-state index in [1.807, 2.05) is 0 Å². The molecule has 0 aliphatic carbocycles. The first-order chi connectivity index (χ1) is 8.91. The van der Waals surface area contributed by atoms with Crippen molar-refractivity contribution in [3.8, 4) is 0 Å². The van der Waals surface area contributed by atoms with Crippen LogP contribution in [0.1, 0.15) is 16.3 Å². The highest BCUT2D eigenvalue weighted by Gasteiger charge is 2.24. The molecule has 0 aliphatic heterocycles. The summed E-state index contributed by atoms with van der Waals surface area (Å²) in [6.45, 7) is 1.71. The number of carboxylic acid groups (broad SMARTS) is 1. The highest BCUT2D eigenvalue weighted by Crippen LogP contribution is 2.31. The van der Waals surface area contributed by atoms with Crippen LogP contribution in [0.15, 0.2) is 11.7 Å². The standard InChI is InChI=1S/C9H10N4O4S2/c1-5-11-6(3-12(5)2)13(19(16)17)8-7(9(14)15)10-4-18-8/h3-4,19H,1-2H3,(H,14,15). The number of carbonyl (C=O) groups is 1. The monoisotopic (exact) mass is 302 g/mol. The largest absolute Gasteiger partial charge is 0.476 e. The lowest BCUT2D eigenvalue weighted by Gasteiger charge is -2.12. The number of carboxylic acids is 1. The predicted octanol–water partition coefficient (Wildman–Crippen LogP) is 0.548. The summed E-state index contributed by atoms with van der Waals surface area (Å²) < 4.78 is 25.3. The number of anilines is 2. The molecule has 0 aromatic carbocycles. The summed E-state index contributed by atoms with van der Waals surface area (Å²) in [5.74, 6) is -0.535. The molecule has 0 unspecified atom stereocenters. The average Bonchev–Trinajstić information content (AvgIpc) is 2.88. The van der Waals surface area contributed by atoms with Crippen LogP contribution in [0.5, 0.6) is 0 Å². The van der Waals surface area contributed by atoms with Crippen molar-refractivity contribution < 1.29 is 18.3 Å². The zero-order chi connectivity index (χ0) is 14.2. The third kappa shape index (κ3) is 2.44. The summed E-state index contributed by atoms with van der Waals surface area (Å²) in [6.07, 6.45) is 1.51. The number of aromatic carboxylic acids is 1. The first-order valence-electron chi connectivity index (χ1n) is 5.03. The van der Waals surface area contributed by atoms with Crippen LogP contribution < -0.4 is 4.31 Å². The van der Waals surface area contributed by atoms with Crippen molar-refractivity contribution >= 4 is 39.0 Å². The van der Waals surface area contributed by atoms with Gasteiger partial charge >= 0.3 is 5.97 Å². The fourth-order valence-corrected chi connectivity index (χ4v) is 2.99. The smallest absolute Gasteiger partial charge is 0.357 e. The van der Waals surface area contributed by atoms with Gasteiger partial charge in [0.2, 0.25) is 10.9 Å². The van der Waals surface area contributed by atoms with Crippen molar-refractivity contribution in [1.29, 1.82) is 0 Å². The van der Waals surface area contributed by atoms with Gasteiger partial charge in [-0.1, -0.05) is 0 Å². The quantitative estimate of drug-likeness (QED) is 0.799. The molecule has 0 aliphatic rings. The molecule has 8 nitrogen and oxygen atoms in total. The summed E-state index contributed by atoms with van der Waals surface area (Å²) in [7, 11) is -1.35. The van der Waals surface area contributed by atoms with E-state index in [4.69, 9.17) is 5.11 Å². The highest BCUT2D eigenvalue weighted by molar-refractivity contribution is 7.74. The number of thiol groups is 1. The van der Waals surface area contributed by atoms with Gasteiger partial charge in [0, 0.05) is 13.2 Å². The Labute approximate surface area is 114 Å². The Morgan fingerprint density at radius 3 is 2.68 bits per heavy atom. The fourth-order valence-electron chi connectivity index (χ4n) is 1.44. The molecular weight excluding hydrogens is 292 g/mol. The molecule has 19 heavy (non-hydrogen) atoms. The van der Waals surface area contributed by atoms with Gasteiger partial charge in [-0.2, -0.15) is 0 Å². The molecule has 0 saturated carbocycles. The second-order valence-corrected chi connectivity index (χ2v) is 5.33. The first kappa shape index (κ1) is 13.5. The molecule has 2 rings (SSSR count). The van der Waals surface area contributed by atoms with E-state index in [0.717, 1.165) is 15.6 Å². The molecule has 2 aromatic heterocycles. The van der Waals surface area contributed by atoms with E-state index in [1.54, 1.807) is 18.5 Å². The van der Waals surface area contributed by atoms with Crippen molar-refractivity contribution in [3.63, 3.8) is 0 Å². The van der Waals surface area contributed by atoms with Gasteiger partial charge in [0.25, 0.3) is 0 Å². The molecule has 0 bridgehead atoms. The van der Waals surface area contributed by atoms with Gasteiger partial charge in [-0.25, -0.2) is 27.5 Å². The van der Waals surface area contributed by atoms with Gasteiger partial charge in [0.05, 0.1) is 5.51 Å². The van der Waals surface area contributed by atoms with Gasteiger partial charge in [-0.3, -0.25) is 0 Å². The maximum Gasteiger partial charge on any atom is 0.357 e. The number of thiazole rings is 1. The minimum Gasteiger partial charge on any atom is -0.476 e. The van der Waals surface area contributed by atoms with Crippen LogP contribution in [0.3, 0.4) is 0 Å². The first-order valence-corrected chi connectivity index (χ1v) is 7.04. The molecule has 102 valence electrons. The summed E-state index contributed by atoms with van der Waals surface area (Å²) in [5, 5.41) is 9.00. The predicted molar refractivity (Wildman–Crippen MR) is 69.5 cm³/mol. The lowest BCUT2D eigenvalue weighted by molar-refractivity contribution is 0.0692. The molecule has 2 aromatic rings. The van der Waals surface area contributed by atoms with Crippen molar-refractivity contribution in [1.82, 2.24) is 14.5 Å². The number of hydrogen-bond donors (Lipinski definition) is 2. The molecule has 10 heteroatoms. The van der Waals surface area contributed by atoms with E-state index in [9.17, 15) is 13.2 Å². The Morgan fingerprint density at radius 1 is 1.53 bits per heavy atom. The van der Waals surface area contributed by atoms with Crippen molar-refractivity contribution in [2.24, 2.45) is 7.05 Å². The molecule has 0 fully saturated rings. The van der Waals surface area contributed by atoms with Crippen molar-refractivity contribution in [2.45, 2.75) is 6.92 Å². The molecule has 0 spiro atoms. The van der Waals surface area contributed by atoms with Crippen LogP contribution in [0.2, 0.25) is 0 Å². The Bertz CT molecular complexity index is 675. The zero-order valence-corrected chi connectivity index (χ0v) is 11.7. The van der Waals surface area contributed by atoms with Crippen molar-refractivity contribution in [3.05, 3.63) is 23.2 Å². The maximum absolute atomic E-state index is 11.4. The molecule has 1 N–H and O–H groups in total. The molecular formula is C9H10N4O4S2. The van der Waals surface area contributed by atoms with Crippen LogP contribution >= 0.6 is 11.3 Å². The minimum absolute atomic E-state index is 0.0155. The van der Waals surface area contributed by atoms with E-state index >= 15 is 0 Å². The second kappa shape index (κ2) is 4.97. The Balaban J connectivity index is 2.58. The summed E-state index contributed by atoms with van der Waals surface area (Å²) in [5.41, 5.74) is 0.966. The third-order valence-electron chi connectivity index (χ3n) is 2.42. The number of rotatable bonds is 4. The average molecular weight is 302 g/mol. The van der Waals surface area contributed by atoms with Gasteiger partial charge in [-0.05, 0) is 6.92 Å². The number of aryl methyl sites for hydroxylation is 2. The molecule has 0 saturated heterocycles. The normalized spacial score (nSPS) is 10.9. The summed E-state index contributed by atoms with van der Waals surface area (Å²) in [6, 6.07) is 0. The van der Waals surface area contributed by atoms with Crippen LogP contribution in [-0.2, 0) is 17.9 Å². The Kier molecular flexibility index (Phi) is 3.53. The maximum atomic E-state index is 11.4. The zero-order valence-electron chi connectivity index (χ0n) is 9.97. The van der Waals surface area contributed by atoms with E-state index in [0.29, 0.717) is 5.82 Å². The fraction of sp³-hybridized carbons (Fsp3) is 0.222. The van der Waals surface area contributed by atoms with E-state index in [2.05, 4.69) is 9.97 Å². The SMILES string of the molecule is Cc1nc(N(c2scnc2C(=O)O)[SH](=O)=O)cn1C. The van der Waals surface area contributed by atoms with Crippen LogP contribution in [-0.4, -0.2) is 34.0 Å². The highest BCUT2D eigenvalue weighted by atomic mass is 32.2. The topological polar surface area (TPSA) is 105 Å². The van der Waals surface area contributed by atoms with Crippen LogP contribution in [0.25, 0.3) is 0 Å². The molecule has 2 heterocycles. The number of aromatic nitrogens is 3. The number of hydrogen-bond acceptors (Lipinski definition) is 6. The van der Waals surface area contributed by atoms with Crippen LogP contribution in [0.4, 0.5) is 10.8 Å². The van der Waals surface area contributed by atoms with Gasteiger partial charge in [-0.15, -0.1) is 11.3 Å². The number of imidazole rings is 1. The van der Waals surface area contributed by atoms with E-state index in [1.165, 1.54) is 11.7 Å². The molecule has 0 amide bonds. The second-order valence-electron chi connectivity index (χ2n) is 3.62. The summed E-state index contributed by atoms with van der Waals surface area (Å²) in [4.78, 5) is 18.7. The van der Waals surface area contributed by atoms with Gasteiger partial charge in [0.1, 0.15) is 10.8 Å². The Morgan fingerprint density at radius 2 is 2.21 bits per heavy atom. The Hall–Kier alpha value is -1.94. The van der Waals surface area contributed by atoms with E-state index < -0.39 is 16.9 Å². The third-order valence-corrected chi connectivity index (χ3v) is 4.10. The van der Waals surface area contributed by atoms with Gasteiger partial charge in [0.15, 0.2) is 11.5 Å².